The minimum atomic E-state index is -0.294. The van der Waals surface area contributed by atoms with Crippen LogP contribution >= 0.6 is 34.7 Å². The minimum Gasteiger partial charge on any atom is -0.379 e. The third-order valence-corrected chi connectivity index (χ3v) is 7.54. The van der Waals surface area contributed by atoms with Crippen molar-refractivity contribution in [3.8, 4) is 0 Å². The van der Waals surface area contributed by atoms with E-state index in [2.05, 4.69) is 9.88 Å². The first-order valence-corrected chi connectivity index (χ1v) is 12.8. The molecular formula is C23H25ClFN3O2S2. The van der Waals surface area contributed by atoms with Crippen molar-refractivity contribution in [2.24, 2.45) is 0 Å². The van der Waals surface area contributed by atoms with Gasteiger partial charge in [-0.1, -0.05) is 22.9 Å². The van der Waals surface area contributed by atoms with E-state index in [-0.39, 0.29) is 11.7 Å². The van der Waals surface area contributed by atoms with Gasteiger partial charge in [0.25, 0.3) is 0 Å². The SMILES string of the molecule is O=C(CCSc1ccc(Cl)cc1)N(CCCN1CCOCC1)c1nc2ccc(F)cc2s1. The van der Waals surface area contributed by atoms with Gasteiger partial charge in [-0.05, 0) is 48.9 Å². The standard InChI is InChI=1S/C23H25ClFN3O2S2/c24-17-2-5-19(6-3-17)31-15-8-22(29)28(10-1-9-27-11-13-30-14-12-27)23-26-20-7-4-18(25)16-21(20)32-23/h2-7,16H,1,8-15H2. The molecule has 0 saturated carbocycles. The van der Waals surface area contributed by atoms with Gasteiger partial charge in [0.05, 0.1) is 23.4 Å². The van der Waals surface area contributed by atoms with Crippen LogP contribution in [0, 0.1) is 5.82 Å². The van der Waals surface area contributed by atoms with E-state index in [1.807, 2.05) is 24.3 Å². The molecule has 1 aliphatic heterocycles. The molecular weight excluding hydrogens is 469 g/mol. The number of nitrogens with zero attached hydrogens (tertiary/aromatic N) is 3. The first kappa shape index (κ1) is 23.4. The number of aromatic nitrogens is 1. The summed E-state index contributed by atoms with van der Waals surface area (Å²) in [6, 6.07) is 12.2. The smallest absolute Gasteiger partial charge is 0.229 e. The summed E-state index contributed by atoms with van der Waals surface area (Å²) < 4.78 is 19.8. The summed E-state index contributed by atoms with van der Waals surface area (Å²) in [6.45, 7) is 4.86. The van der Waals surface area contributed by atoms with Crippen molar-refractivity contribution in [1.82, 2.24) is 9.88 Å². The number of anilines is 1. The number of ether oxygens (including phenoxy) is 1. The number of halogens is 2. The highest BCUT2D eigenvalue weighted by molar-refractivity contribution is 7.99. The molecule has 3 aromatic rings. The van der Waals surface area contributed by atoms with Crippen LogP contribution in [0.1, 0.15) is 12.8 Å². The number of benzene rings is 2. The molecule has 0 spiro atoms. The Morgan fingerprint density at radius 2 is 2.00 bits per heavy atom. The molecule has 0 aliphatic carbocycles. The van der Waals surface area contributed by atoms with Gasteiger partial charge in [-0.2, -0.15) is 0 Å². The highest BCUT2D eigenvalue weighted by Crippen LogP contribution is 2.30. The maximum absolute atomic E-state index is 13.6. The summed E-state index contributed by atoms with van der Waals surface area (Å²) in [7, 11) is 0. The number of rotatable bonds is 9. The second kappa shape index (κ2) is 11.4. The fourth-order valence-corrected chi connectivity index (χ4v) is 5.53. The van der Waals surface area contributed by atoms with Crippen LogP contribution in [0.15, 0.2) is 47.4 Å². The molecule has 4 rings (SSSR count). The van der Waals surface area contributed by atoms with Gasteiger partial charge in [0.15, 0.2) is 5.13 Å². The molecule has 32 heavy (non-hydrogen) atoms. The molecule has 0 atom stereocenters. The molecule has 9 heteroatoms. The lowest BCUT2D eigenvalue weighted by atomic mass is 10.3. The molecule has 2 heterocycles. The predicted molar refractivity (Wildman–Crippen MR) is 131 cm³/mol. The third kappa shape index (κ3) is 6.42. The van der Waals surface area contributed by atoms with Crippen LogP contribution in [-0.2, 0) is 9.53 Å². The zero-order valence-corrected chi connectivity index (χ0v) is 20.0. The molecule has 1 fully saturated rings. The van der Waals surface area contributed by atoms with Crippen molar-refractivity contribution in [3.05, 3.63) is 53.3 Å². The Bertz CT molecular complexity index is 1040. The van der Waals surface area contributed by atoms with E-state index < -0.39 is 0 Å². The first-order chi connectivity index (χ1) is 15.6. The number of hydrogen-bond acceptors (Lipinski definition) is 6. The number of carbonyl (C=O) groups excluding carboxylic acids is 1. The summed E-state index contributed by atoms with van der Waals surface area (Å²) >= 11 is 8.94. The molecule has 1 amide bonds. The molecule has 1 aromatic heterocycles. The normalized spacial score (nSPS) is 14.7. The lowest BCUT2D eigenvalue weighted by molar-refractivity contribution is -0.118. The summed E-state index contributed by atoms with van der Waals surface area (Å²) in [5.74, 6) is 0.408. The number of morpholine rings is 1. The number of amides is 1. The van der Waals surface area contributed by atoms with E-state index in [1.165, 1.54) is 23.5 Å². The Balaban J connectivity index is 1.41. The summed E-state index contributed by atoms with van der Waals surface area (Å²) in [5.41, 5.74) is 0.716. The predicted octanol–water partition coefficient (Wildman–Crippen LogP) is 5.33. The lowest BCUT2D eigenvalue weighted by Crippen LogP contribution is -2.39. The Morgan fingerprint density at radius 3 is 2.78 bits per heavy atom. The molecule has 0 radical (unpaired) electrons. The molecule has 170 valence electrons. The Kier molecular flexibility index (Phi) is 8.37. The quantitative estimate of drug-likeness (QED) is 0.377. The van der Waals surface area contributed by atoms with Gasteiger partial charge >= 0.3 is 0 Å². The molecule has 2 aromatic carbocycles. The van der Waals surface area contributed by atoms with Gasteiger partial charge in [0.2, 0.25) is 5.91 Å². The maximum Gasteiger partial charge on any atom is 0.229 e. The second-order valence-electron chi connectivity index (χ2n) is 7.51. The minimum absolute atomic E-state index is 0.0352. The van der Waals surface area contributed by atoms with Crippen molar-refractivity contribution in [2.75, 3.05) is 50.0 Å². The molecule has 1 saturated heterocycles. The van der Waals surface area contributed by atoms with Crippen LogP contribution in [0.5, 0.6) is 0 Å². The van der Waals surface area contributed by atoms with Gasteiger partial charge in [-0.25, -0.2) is 9.37 Å². The van der Waals surface area contributed by atoms with Crippen LogP contribution < -0.4 is 4.90 Å². The van der Waals surface area contributed by atoms with Crippen LogP contribution in [0.25, 0.3) is 10.2 Å². The molecule has 0 N–H and O–H groups in total. The van der Waals surface area contributed by atoms with E-state index in [0.29, 0.717) is 34.4 Å². The van der Waals surface area contributed by atoms with Gasteiger partial charge in [0, 0.05) is 48.3 Å². The Hall–Kier alpha value is -1.71. The van der Waals surface area contributed by atoms with E-state index in [4.69, 9.17) is 16.3 Å². The topological polar surface area (TPSA) is 45.7 Å². The number of carbonyl (C=O) groups is 1. The van der Waals surface area contributed by atoms with Crippen molar-refractivity contribution >= 4 is 56.0 Å². The fourth-order valence-electron chi connectivity index (χ4n) is 3.53. The third-order valence-electron chi connectivity index (χ3n) is 5.23. The summed E-state index contributed by atoms with van der Waals surface area (Å²) in [4.78, 5) is 23.0. The van der Waals surface area contributed by atoms with Crippen LogP contribution in [0.2, 0.25) is 5.02 Å². The first-order valence-electron chi connectivity index (χ1n) is 10.6. The number of thiazole rings is 1. The fraction of sp³-hybridized carbons (Fsp3) is 0.391. The second-order valence-corrected chi connectivity index (χ2v) is 10.1. The van der Waals surface area contributed by atoms with Crippen molar-refractivity contribution < 1.29 is 13.9 Å². The van der Waals surface area contributed by atoms with Gasteiger partial charge in [-0.15, -0.1) is 11.8 Å². The van der Waals surface area contributed by atoms with Crippen LogP contribution in [0.4, 0.5) is 9.52 Å². The van der Waals surface area contributed by atoms with Gasteiger partial charge in [-0.3, -0.25) is 14.6 Å². The molecule has 1 aliphatic rings. The monoisotopic (exact) mass is 493 g/mol. The van der Waals surface area contributed by atoms with Crippen molar-refractivity contribution in [3.63, 3.8) is 0 Å². The molecule has 0 unspecified atom stereocenters. The van der Waals surface area contributed by atoms with Gasteiger partial charge in [0.1, 0.15) is 5.82 Å². The van der Waals surface area contributed by atoms with Crippen LogP contribution in [0.3, 0.4) is 0 Å². The van der Waals surface area contributed by atoms with Crippen molar-refractivity contribution in [2.45, 2.75) is 17.7 Å². The molecule has 0 bridgehead atoms. The van der Waals surface area contributed by atoms with Crippen molar-refractivity contribution in [1.29, 1.82) is 0 Å². The van der Waals surface area contributed by atoms with Gasteiger partial charge < -0.3 is 4.74 Å². The molecule has 5 nitrogen and oxygen atoms in total. The zero-order chi connectivity index (χ0) is 22.3. The van der Waals surface area contributed by atoms with E-state index in [9.17, 15) is 9.18 Å². The summed E-state index contributed by atoms with van der Waals surface area (Å²) in [6.07, 6.45) is 1.25. The summed E-state index contributed by atoms with van der Waals surface area (Å²) in [5, 5.41) is 1.33. The lowest BCUT2D eigenvalue weighted by Gasteiger charge is -2.27. The maximum atomic E-state index is 13.6. The zero-order valence-electron chi connectivity index (χ0n) is 17.6. The van der Waals surface area contributed by atoms with E-state index in [0.717, 1.165) is 48.9 Å². The van der Waals surface area contributed by atoms with E-state index >= 15 is 0 Å². The average molecular weight is 494 g/mol. The van der Waals surface area contributed by atoms with E-state index in [1.54, 1.807) is 22.7 Å². The number of fused-ring (bicyclic) bond motifs is 1. The van der Waals surface area contributed by atoms with Crippen LogP contribution in [-0.4, -0.2) is 60.9 Å². The number of hydrogen-bond donors (Lipinski definition) is 0. The highest BCUT2D eigenvalue weighted by Gasteiger charge is 2.20. The Morgan fingerprint density at radius 1 is 1.22 bits per heavy atom. The average Bonchev–Trinajstić information content (AvgIpc) is 3.21. The number of thioether (sulfide) groups is 1. The Labute approximate surface area is 200 Å². The largest absolute Gasteiger partial charge is 0.379 e. The highest BCUT2D eigenvalue weighted by atomic mass is 35.5.